The summed E-state index contributed by atoms with van der Waals surface area (Å²) < 4.78 is 82.1. The maximum atomic E-state index is 12.0. The van der Waals surface area contributed by atoms with Crippen LogP contribution in [0.1, 0.15) is 11.1 Å². The van der Waals surface area contributed by atoms with Gasteiger partial charge in [-0.25, -0.2) is 0 Å². The molecular formula is C32H34F6N6O6. The van der Waals surface area contributed by atoms with Gasteiger partial charge >= 0.3 is 12.7 Å². The molecule has 18 heteroatoms. The van der Waals surface area contributed by atoms with Crippen LogP contribution in [0.2, 0.25) is 0 Å². The van der Waals surface area contributed by atoms with Crippen molar-refractivity contribution in [3.63, 3.8) is 0 Å². The highest BCUT2D eigenvalue weighted by molar-refractivity contribution is 5.76. The number of pyridine rings is 2. The molecule has 50 heavy (non-hydrogen) atoms. The van der Waals surface area contributed by atoms with E-state index in [4.69, 9.17) is 5.73 Å². The predicted molar refractivity (Wildman–Crippen MR) is 176 cm³/mol. The second-order valence-corrected chi connectivity index (χ2v) is 10.9. The van der Waals surface area contributed by atoms with Gasteiger partial charge in [0.25, 0.3) is 16.8 Å². The molecule has 0 aliphatic rings. The smallest absolute Gasteiger partial charge is 0.397 e. The molecule has 4 aromatic rings. The number of ether oxygens (including phenoxy) is 2. The molecule has 0 atom stereocenters. The maximum absolute atomic E-state index is 12.0. The number of nitrogens with zero attached hydrogens (tertiary/aromatic N) is 3. The summed E-state index contributed by atoms with van der Waals surface area (Å²) in [5, 5.41) is 16.5. The summed E-state index contributed by atoms with van der Waals surface area (Å²) in [6.45, 7) is 1.84. The molecule has 4 rings (SSSR count). The van der Waals surface area contributed by atoms with Crippen molar-refractivity contribution in [3.05, 3.63) is 103 Å². The number of rotatable bonds is 11. The van der Waals surface area contributed by atoms with Crippen LogP contribution < -0.4 is 27.5 Å². The van der Waals surface area contributed by atoms with E-state index in [0.717, 1.165) is 11.1 Å². The Kier molecular flexibility index (Phi) is 12.8. The molecule has 2 aromatic carbocycles. The van der Waals surface area contributed by atoms with Crippen molar-refractivity contribution in [1.82, 2.24) is 9.13 Å². The van der Waals surface area contributed by atoms with Gasteiger partial charge in [-0.2, -0.15) is 0 Å². The highest BCUT2D eigenvalue weighted by Gasteiger charge is 2.29. The van der Waals surface area contributed by atoms with Gasteiger partial charge in [0.1, 0.15) is 5.69 Å². The van der Waals surface area contributed by atoms with Crippen molar-refractivity contribution >= 4 is 22.7 Å². The molecule has 2 heterocycles. The normalized spacial score (nSPS) is 11.5. The van der Waals surface area contributed by atoms with Gasteiger partial charge in [-0.1, -0.05) is 6.07 Å². The average molecular weight is 713 g/mol. The SMILES string of the molecule is Cc1cc(-c2ccc(N)c(NCCOC(F)(F)F)c2)cn(C)c1=O.Cc1cc(-c2ccc([N+](=O)[O-])c(NCCOC(F)(F)F)c2)cn(C)c1=O. The molecule has 2 aromatic heterocycles. The fraction of sp³-hybridized carbons (Fsp3) is 0.312. The summed E-state index contributed by atoms with van der Waals surface area (Å²) in [6, 6.07) is 12.8. The highest BCUT2D eigenvalue weighted by atomic mass is 19.4. The van der Waals surface area contributed by atoms with Crippen molar-refractivity contribution in [2.75, 3.05) is 42.7 Å². The lowest BCUT2D eigenvalue weighted by atomic mass is 10.0. The fourth-order valence-corrected chi connectivity index (χ4v) is 4.68. The fourth-order valence-electron chi connectivity index (χ4n) is 4.68. The third-order valence-corrected chi connectivity index (χ3v) is 7.00. The van der Waals surface area contributed by atoms with Crippen LogP contribution in [0.15, 0.2) is 70.5 Å². The Balaban J connectivity index is 0.000000271. The number of nitrogens with two attached hydrogens (primary N) is 1. The number of alkyl halides is 6. The number of nitrogens with one attached hydrogen (secondary N) is 2. The van der Waals surface area contributed by atoms with E-state index in [2.05, 4.69) is 20.1 Å². The molecule has 0 spiro atoms. The molecule has 0 aliphatic carbocycles. The minimum atomic E-state index is -4.76. The third-order valence-electron chi connectivity index (χ3n) is 7.00. The number of benzene rings is 2. The molecule has 0 radical (unpaired) electrons. The van der Waals surface area contributed by atoms with Crippen molar-refractivity contribution in [1.29, 1.82) is 0 Å². The molecule has 0 bridgehead atoms. The zero-order chi connectivity index (χ0) is 37.4. The van der Waals surface area contributed by atoms with Crippen LogP contribution in [-0.4, -0.2) is 53.1 Å². The monoisotopic (exact) mass is 712 g/mol. The van der Waals surface area contributed by atoms with E-state index in [9.17, 15) is 46.0 Å². The third kappa shape index (κ3) is 11.4. The lowest BCUT2D eigenvalue weighted by Gasteiger charge is -2.13. The first-order valence-corrected chi connectivity index (χ1v) is 14.7. The number of nitrogen functional groups attached to an aromatic ring is 1. The molecule has 0 unspecified atom stereocenters. The topological polar surface area (TPSA) is 156 Å². The van der Waals surface area contributed by atoms with Gasteiger partial charge in [0, 0.05) is 56.8 Å². The Morgan fingerprint density at radius 2 is 1.14 bits per heavy atom. The zero-order valence-electron chi connectivity index (χ0n) is 27.2. The number of nitro groups is 1. The largest absolute Gasteiger partial charge is 0.522 e. The van der Waals surface area contributed by atoms with E-state index in [-0.39, 0.29) is 35.6 Å². The molecule has 0 amide bonds. The number of nitro benzene ring substituents is 1. The molecule has 0 saturated carbocycles. The van der Waals surface area contributed by atoms with Gasteiger partial charge in [0.15, 0.2) is 0 Å². The Morgan fingerprint density at radius 3 is 1.56 bits per heavy atom. The molecule has 0 saturated heterocycles. The van der Waals surface area contributed by atoms with E-state index in [1.807, 2.05) is 0 Å². The van der Waals surface area contributed by atoms with E-state index < -0.39 is 30.9 Å². The maximum Gasteiger partial charge on any atom is 0.522 e. The minimum absolute atomic E-state index is 0.0422. The molecule has 0 fully saturated rings. The Bertz CT molecular complexity index is 1890. The van der Waals surface area contributed by atoms with Gasteiger partial charge in [-0.05, 0) is 72.5 Å². The number of halogens is 6. The van der Waals surface area contributed by atoms with E-state index in [0.29, 0.717) is 33.6 Å². The van der Waals surface area contributed by atoms with E-state index >= 15 is 0 Å². The van der Waals surface area contributed by atoms with Crippen LogP contribution in [0.3, 0.4) is 0 Å². The Hall–Kier alpha value is -5.36. The second-order valence-electron chi connectivity index (χ2n) is 10.9. The van der Waals surface area contributed by atoms with Crippen molar-refractivity contribution in [3.8, 4) is 22.3 Å². The van der Waals surface area contributed by atoms with Crippen LogP contribution in [0.25, 0.3) is 22.3 Å². The number of hydrogen-bond acceptors (Lipinski definition) is 9. The summed E-state index contributed by atoms with van der Waals surface area (Å²) in [6.07, 6.45) is -6.15. The number of aryl methyl sites for hydroxylation is 4. The van der Waals surface area contributed by atoms with Crippen LogP contribution in [0.4, 0.5) is 49.1 Å². The first-order valence-electron chi connectivity index (χ1n) is 14.7. The zero-order valence-corrected chi connectivity index (χ0v) is 27.2. The van der Waals surface area contributed by atoms with Gasteiger partial charge in [-0.3, -0.25) is 29.2 Å². The van der Waals surface area contributed by atoms with Gasteiger partial charge < -0.3 is 25.5 Å². The molecule has 270 valence electrons. The van der Waals surface area contributed by atoms with Crippen LogP contribution in [0, 0.1) is 24.0 Å². The Labute approximate surface area is 281 Å². The summed E-state index contributed by atoms with van der Waals surface area (Å²) in [5.41, 5.74) is 10.2. The first-order chi connectivity index (χ1) is 23.3. The van der Waals surface area contributed by atoms with E-state index in [1.54, 1.807) is 70.7 Å². The summed E-state index contributed by atoms with van der Waals surface area (Å²) in [5.74, 6) is 0. The number of anilines is 3. The summed E-state index contributed by atoms with van der Waals surface area (Å²) in [7, 11) is 3.24. The summed E-state index contributed by atoms with van der Waals surface area (Å²) in [4.78, 5) is 34.0. The minimum Gasteiger partial charge on any atom is -0.397 e. The summed E-state index contributed by atoms with van der Waals surface area (Å²) >= 11 is 0. The number of hydrogen-bond donors (Lipinski definition) is 3. The molecule has 0 aliphatic heterocycles. The quantitative estimate of drug-likeness (QED) is 0.0549. The van der Waals surface area contributed by atoms with Gasteiger partial charge in [-0.15, -0.1) is 26.3 Å². The van der Waals surface area contributed by atoms with Crippen molar-refractivity contribution < 1.29 is 40.7 Å². The highest BCUT2D eigenvalue weighted by Crippen LogP contribution is 2.31. The first kappa shape index (κ1) is 39.1. The van der Waals surface area contributed by atoms with Gasteiger partial charge in [0.2, 0.25) is 0 Å². The van der Waals surface area contributed by atoms with Crippen LogP contribution >= 0.6 is 0 Å². The Morgan fingerprint density at radius 1 is 0.720 bits per heavy atom. The average Bonchev–Trinajstić information content (AvgIpc) is 3.02. The standard InChI is InChI=1S/C16H16F3N3O4.C16H18F3N3O2/c1-10-7-12(9-21(2)15(10)23)11-3-4-14(22(24)25)13(8-11)20-5-6-26-16(17,18)19;1-10-7-12(9-22(2)15(10)23)11-3-4-13(20)14(8-11)21-5-6-24-16(17,18)19/h3-4,7-9,20H,5-6H2,1-2H3;3-4,7-9,21H,5-6,20H2,1-2H3. The van der Waals surface area contributed by atoms with Crippen molar-refractivity contribution in [2.45, 2.75) is 26.6 Å². The lowest BCUT2D eigenvalue weighted by Crippen LogP contribution is -2.19. The molecule has 4 N–H and O–H groups in total. The van der Waals surface area contributed by atoms with Crippen molar-refractivity contribution in [2.24, 2.45) is 14.1 Å². The van der Waals surface area contributed by atoms with Crippen LogP contribution in [0.5, 0.6) is 0 Å². The number of aromatic nitrogens is 2. The lowest BCUT2D eigenvalue weighted by molar-refractivity contribution is -0.384. The van der Waals surface area contributed by atoms with Crippen LogP contribution in [-0.2, 0) is 23.6 Å². The van der Waals surface area contributed by atoms with Gasteiger partial charge in [0.05, 0.1) is 29.5 Å². The molecule has 12 nitrogen and oxygen atoms in total. The predicted octanol–water partition coefficient (Wildman–Crippen LogP) is 6.11. The van der Waals surface area contributed by atoms with E-state index in [1.165, 1.54) is 27.3 Å². The molecular weight excluding hydrogens is 678 g/mol. The second kappa shape index (κ2) is 16.4.